The van der Waals surface area contributed by atoms with Crippen LogP contribution in [0.4, 0.5) is 0 Å². The Balaban J connectivity index is 2.53. The second-order valence-electron chi connectivity index (χ2n) is 3.70. The molecule has 0 aromatic heterocycles. The monoisotopic (exact) mass is 263 g/mol. The first kappa shape index (κ1) is 10.6. The van der Waals surface area contributed by atoms with Gasteiger partial charge in [0.2, 0.25) is 0 Å². The Bertz CT molecular complexity index is 669. The lowest BCUT2D eigenvalue weighted by Gasteiger charge is -2.18. The zero-order valence-electron chi connectivity index (χ0n) is 8.49. The molecule has 0 atom stereocenters. The minimum atomic E-state index is -0.387. The van der Waals surface area contributed by atoms with E-state index in [0.717, 1.165) is 16.4 Å². The van der Waals surface area contributed by atoms with Crippen molar-refractivity contribution in [1.82, 2.24) is 5.32 Å². The molecule has 0 saturated heterocycles. The van der Waals surface area contributed by atoms with Gasteiger partial charge in [-0.25, -0.2) is 0 Å². The van der Waals surface area contributed by atoms with Crippen molar-refractivity contribution in [2.75, 3.05) is 0 Å². The maximum Gasteiger partial charge on any atom is 0.259 e. The highest BCUT2D eigenvalue weighted by atomic mass is 35.7. The van der Waals surface area contributed by atoms with Crippen LogP contribution in [0.1, 0.15) is 20.7 Å². The number of hydrogen-bond donors (Lipinski definition) is 1. The number of halogens is 1. The fraction of sp³-hybridized carbons (Fsp3) is 0. The average Bonchev–Trinajstić information content (AvgIpc) is 2.35. The topological polar surface area (TPSA) is 46.2 Å². The first-order valence-corrected chi connectivity index (χ1v) is 6.56. The lowest BCUT2D eigenvalue weighted by Crippen LogP contribution is -2.35. The van der Waals surface area contributed by atoms with Gasteiger partial charge in [0.1, 0.15) is 0 Å². The smallest absolute Gasteiger partial charge is 0.259 e. The summed E-state index contributed by atoms with van der Waals surface area (Å²) in [5.41, 5.74) is 1.00. The zero-order valence-corrected chi connectivity index (χ0v) is 10.1. The van der Waals surface area contributed by atoms with Crippen molar-refractivity contribution in [3.05, 3.63) is 41.5 Å². The minimum Gasteiger partial charge on any atom is -0.288 e. The third-order valence-electron chi connectivity index (χ3n) is 2.79. The van der Waals surface area contributed by atoms with Crippen molar-refractivity contribution in [2.45, 2.75) is 4.90 Å². The lowest BCUT2D eigenvalue weighted by atomic mass is 9.95. The van der Waals surface area contributed by atoms with Gasteiger partial charge in [-0.3, -0.25) is 14.9 Å². The summed E-state index contributed by atoms with van der Waals surface area (Å²) >= 11 is 0. The van der Waals surface area contributed by atoms with Crippen LogP contribution in [-0.4, -0.2) is 11.8 Å². The number of carbonyl (C=O) groups is 2. The van der Waals surface area contributed by atoms with E-state index in [1.807, 2.05) is 12.1 Å². The molecule has 0 spiro atoms. The quantitative estimate of drug-likeness (QED) is 0.805. The number of imide groups is 1. The lowest BCUT2D eigenvalue weighted by molar-refractivity contribution is 0.0843. The second kappa shape index (κ2) is 3.75. The molecule has 3 nitrogen and oxygen atoms in total. The Hall–Kier alpha value is -1.52. The van der Waals surface area contributed by atoms with E-state index >= 15 is 0 Å². The summed E-state index contributed by atoms with van der Waals surface area (Å²) in [5, 5.41) is 3.88. The van der Waals surface area contributed by atoms with Crippen molar-refractivity contribution in [3.8, 4) is 0 Å². The van der Waals surface area contributed by atoms with E-state index in [0.29, 0.717) is 21.4 Å². The molecule has 1 aliphatic rings. The van der Waals surface area contributed by atoms with Gasteiger partial charge in [0.05, 0.1) is 5.56 Å². The molecule has 2 aromatic carbocycles. The van der Waals surface area contributed by atoms with Gasteiger partial charge in [-0.2, -0.15) is 0 Å². The van der Waals surface area contributed by atoms with Gasteiger partial charge in [0, 0.05) is 15.8 Å². The second-order valence-corrected chi connectivity index (χ2v) is 4.76. The molecule has 0 radical (unpaired) electrons. The van der Waals surface area contributed by atoms with Gasteiger partial charge in [-0.05, 0) is 39.2 Å². The summed E-state index contributed by atoms with van der Waals surface area (Å²) in [4.78, 5) is 24.2. The molecule has 0 saturated carbocycles. The van der Waals surface area contributed by atoms with E-state index in [9.17, 15) is 9.59 Å². The summed E-state index contributed by atoms with van der Waals surface area (Å²) in [6.07, 6.45) is 0. The van der Waals surface area contributed by atoms with Gasteiger partial charge in [0.25, 0.3) is 11.8 Å². The fourth-order valence-corrected chi connectivity index (χ4v) is 2.85. The summed E-state index contributed by atoms with van der Waals surface area (Å²) in [6, 6.07) is 9.02. The minimum absolute atomic E-state index is 0.357. The van der Waals surface area contributed by atoms with Crippen molar-refractivity contribution in [1.29, 1.82) is 0 Å². The van der Waals surface area contributed by atoms with Gasteiger partial charge in [-0.15, -0.1) is 0 Å². The Morgan fingerprint density at radius 1 is 1.06 bits per heavy atom. The maximum atomic E-state index is 11.9. The van der Waals surface area contributed by atoms with Crippen LogP contribution in [0.3, 0.4) is 0 Å². The molecule has 2 aromatic rings. The molecule has 1 N–H and O–H groups in total. The third kappa shape index (κ3) is 1.45. The summed E-state index contributed by atoms with van der Waals surface area (Å²) in [7, 11) is 6.72. The van der Waals surface area contributed by atoms with E-state index in [1.54, 1.807) is 18.2 Å². The summed E-state index contributed by atoms with van der Waals surface area (Å²) in [5.74, 6) is -0.743. The van der Waals surface area contributed by atoms with Gasteiger partial charge < -0.3 is 0 Å². The Morgan fingerprint density at radius 3 is 2.65 bits per heavy atom. The Morgan fingerprint density at radius 2 is 1.88 bits per heavy atom. The average molecular weight is 264 g/mol. The number of hydrogen-bond acceptors (Lipinski definition) is 3. The molecule has 0 aliphatic carbocycles. The Kier molecular flexibility index (Phi) is 2.34. The molecular formula is C12H6ClNO2S. The molecule has 84 valence electrons. The number of nitrogens with one attached hydrogen (secondary N) is 1. The highest BCUT2D eigenvalue weighted by Crippen LogP contribution is 2.35. The molecule has 0 unspecified atom stereocenters. The molecule has 17 heavy (non-hydrogen) atoms. The number of benzene rings is 2. The fourth-order valence-electron chi connectivity index (χ4n) is 2.07. The van der Waals surface area contributed by atoms with Crippen molar-refractivity contribution < 1.29 is 9.59 Å². The third-order valence-corrected chi connectivity index (χ3v) is 3.79. The van der Waals surface area contributed by atoms with Crippen molar-refractivity contribution in [2.24, 2.45) is 0 Å². The molecule has 3 rings (SSSR count). The van der Waals surface area contributed by atoms with E-state index < -0.39 is 0 Å². The van der Waals surface area contributed by atoms with E-state index in [4.69, 9.17) is 10.7 Å². The molecule has 2 amide bonds. The van der Waals surface area contributed by atoms with E-state index in [1.165, 1.54) is 0 Å². The van der Waals surface area contributed by atoms with Crippen LogP contribution in [0.25, 0.3) is 10.8 Å². The zero-order chi connectivity index (χ0) is 12.0. The summed E-state index contributed by atoms with van der Waals surface area (Å²) < 4.78 is 0. The number of amides is 2. The van der Waals surface area contributed by atoms with Crippen LogP contribution in [-0.2, 0) is 0 Å². The first-order valence-electron chi connectivity index (χ1n) is 4.92. The van der Waals surface area contributed by atoms with Crippen LogP contribution >= 0.6 is 21.7 Å². The van der Waals surface area contributed by atoms with Crippen molar-refractivity contribution >= 4 is 44.2 Å². The molecule has 1 heterocycles. The maximum absolute atomic E-state index is 11.9. The predicted octanol–water partition coefficient (Wildman–Crippen LogP) is 2.97. The first-order chi connectivity index (χ1) is 8.22. The van der Waals surface area contributed by atoms with Crippen LogP contribution in [0.5, 0.6) is 0 Å². The molecule has 0 bridgehead atoms. The molecule has 1 aliphatic heterocycles. The molecule has 5 heteroatoms. The summed E-state index contributed by atoms with van der Waals surface area (Å²) in [6.45, 7) is 0. The number of carbonyl (C=O) groups excluding carboxylic acids is 2. The van der Waals surface area contributed by atoms with Gasteiger partial charge >= 0.3 is 0 Å². The van der Waals surface area contributed by atoms with Crippen molar-refractivity contribution in [3.63, 3.8) is 0 Å². The van der Waals surface area contributed by atoms with Gasteiger partial charge in [0.15, 0.2) is 0 Å². The SMILES string of the molecule is O=C1NC(=O)c2c(SCl)ccc3cccc1c23. The molecular weight excluding hydrogens is 258 g/mol. The van der Waals surface area contributed by atoms with E-state index in [-0.39, 0.29) is 11.8 Å². The standard InChI is InChI=1S/C12H6ClNO2S/c13-17-8-5-4-6-2-1-3-7-9(6)10(8)12(16)14-11(7)15/h1-5H,(H,14,15,16). The molecule has 0 fully saturated rings. The predicted molar refractivity (Wildman–Crippen MR) is 67.5 cm³/mol. The van der Waals surface area contributed by atoms with Crippen LogP contribution in [0.15, 0.2) is 35.2 Å². The van der Waals surface area contributed by atoms with Gasteiger partial charge in [-0.1, -0.05) is 18.2 Å². The Labute approximate surface area is 106 Å². The van der Waals surface area contributed by atoms with Crippen LogP contribution in [0, 0.1) is 0 Å². The normalized spacial score (nSPS) is 13.9. The highest BCUT2D eigenvalue weighted by Gasteiger charge is 2.27. The largest absolute Gasteiger partial charge is 0.288 e. The van der Waals surface area contributed by atoms with Crippen LogP contribution in [0.2, 0.25) is 0 Å². The number of rotatable bonds is 1. The van der Waals surface area contributed by atoms with Crippen LogP contribution < -0.4 is 5.32 Å². The highest BCUT2D eigenvalue weighted by molar-refractivity contribution is 8.21. The van der Waals surface area contributed by atoms with E-state index in [2.05, 4.69) is 5.32 Å².